The highest BCUT2D eigenvalue weighted by Crippen LogP contribution is 2.05. The predicted octanol–water partition coefficient (Wildman–Crippen LogP) is -2.49. The molecule has 1 aromatic heterocycles. The number of aromatic amines is 1. The van der Waals surface area contributed by atoms with Crippen LogP contribution >= 0.6 is 12.6 Å². The van der Waals surface area contributed by atoms with Gasteiger partial charge < -0.3 is 37.5 Å². The van der Waals surface area contributed by atoms with Crippen LogP contribution in [0.25, 0.3) is 0 Å². The van der Waals surface area contributed by atoms with E-state index < -0.39 is 48.4 Å². The van der Waals surface area contributed by atoms with Crippen molar-refractivity contribution in [3.05, 3.63) is 18.2 Å². The van der Waals surface area contributed by atoms with Crippen LogP contribution in [0.3, 0.4) is 0 Å². The first kappa shape index (κ1) is 25.4. The number of hydrogen-bond donors (Lipinski definition) is 8. The number of nitrogens with two attached hydrogens (primary N) is 2. The van der Waals surface area contributed by atoms with Crippen molar-refractivity contribution in [2.45, 2.75) is 43.8 Å². The number of aliphatic carboxylic acids is 1. The molecule has 13 heteroatoms. The first-order valence-electron chi connectivity index (χ1n) is 9.42. The molecule has 9 N–H and O–H groups in total. The molecule has 30 heavy (non-hydrogen) atoms. The van der Waals surface area contributed by atoms with E-state index in [1.165, 1.54) is 12.5 Å². The molecule has 0 bridgehead atoms. The number of imidazole rings is 1. The van der Waals surface area contributed by atoms with E-state index >= 15 is 0 Å². The molecule has 0 fully saturated rings. The van der Waals surface area contributed by atoms with E-state index in [0.717, 1.165) is 0 Å². The summed E-state index contributed by atoms with van der Waals surface area (Å²) in [6.45, 7) is -0.167. The maximum atomic E-state index is 12.8. The fourth-order valence-electron chi connectivity index (χ4n) is 2.51. The quantitative estimate of drug-likeness (QED) is 0.114. The van der Waals surface area contributed by atoms with E-state index in [9.17, 15) is 19.2 Å². The normalized spacial score (nSPS) is 13.7. The number of nitrogens with one attached hydrogen (secondary N) is 4. The van der Waals surface area contributed by atoms with Crippen molar-refractivity contribution in [2.24, 2.45) is 11.5 Å². The maximum absolute atomic E-state index is 12.8. The highest BCUT2D eigenvalue weighted by Gasteiger charge is 2.28. The number of hydrogen-bond acceptors (Lipinski definition) is 8. The maximum Gasteiger partial charge on any atom is 0.322 e. The summed E-state index contributed by atoms with van der Waals surface area (Å²) in [6.07, 6.45) is 4.46. The minimum atomic E-state index is -1.22. The molecule has 0 saturated heterocycles. The van der Waals surface area contributed by atoms with Crippen LogP contribution in [0, 0.1) is 0 Å². The van der Waals surface area contributed by atoms with Gasteiger partial charge in [-0.1, -0.05) is 0 Å². The monoisotopic (exact) mass is 443 g/mol. The van der Waals surface area contributed by atoms with Gasteiger partial charge in [0.05, 0.1) is 12.4 Å². The summed E-state index contributed by atoms with van der Waals surface area (Å²) >= 11 is 3.97. The van der Waals surface area contributed by atoms with Crippen molar-refractivity contribution < 1.29 is 24.3 Å². The Bertz CT molecular complexity index is 701. The number of H-pyrrole nitrogens is 1. The fourth-order valence-corrected chi connectivity index (χ4v) is 2.67. The van der Waals surface area contributed by atoms with Gasteiger partial charge in [0.1, 0.15) is 18.6 Å². The van der Waals surface area contributed by atoms with Gasteiger partial charge >= 0.3 is 5.97 Å². The smallest absolute Gasteiger partial charge is 0.322 e. The van der Waals surface area contributed by atoms with Gasteiger partial charge in [-0.05, 0) is 25.8 Å². The third kappa shape index (κ3) is 9.24. The van der Waals surface area contributed by atoms with Crippen LogP contribution < -0.4 is 27.4 Å². The molecular weight excluding hydrogens is 414 g/mol. The van der Waals surface area contributed by atoms with Crippen molar-refractivity contribution >= 4 is 36.3 Å². The minimum Gasteiger partial charge on any atom is -0.480 e. The van der Waals surface area contributed by atoms with Gasteiger partial charge in [0.25, 0.3) is 0 Å². The third-order valence-corrected chi connectivity index (χ3v) is 4.53. The Kier molecular flexibility index (Phi) is 11.5. The van der Waals surface area contributed by atoms with Gasteiger partial charge in [-0.2, -0.15) is 12.6 Å². The summed E-state index contributed by atoms with van der Waals surface area (Å²) in [5, 5.41) is 16.1. The average molecular weight is 444 g/mol. The molecule has 0 saturated carbocycles. The van der Waals surface area contributed by atoms with Crippen molar-refractivity contribution in [1.29, 1.82) is 0 Å². The van der Waals surface area contributed by atoms with Gasteiger partial charge in [-0.3, -0.25) is 19.2 Å². The highest BCUT2D eigenvalue weighted by molar-refractivity contribution is 7.80. The molecule has 0 spiro atoms. The highest BCUT2D eigenvalue weighted by atomic mass is 32.1. The number of carboxylic acids is 1. The molecule has 1 rings (SSSR count). The third-order valence-electron chi connectivity index (χ3n) is 4.14. The summed E-state index contributed by atoms with van der Waals surface area (Å²) < 4.78 is 0. The molecule has 3 unspecified atom stereocenters. The molecule has 0 aliphatic heterocycles. The van der Waals surface area contributed by atoms with Gasteiger partial charge in [0.2, 0.25) is 17.7 Å². The van der Waals surface area contributed by atoms with E-state index in [1.807, 2.05) is 0 Å². The second-order valence-corrected chi connectivity index (χ2v) is 6.95. The number of carboxylic acid groups (broad SMARTS) is 1. The molecule has 1 aromatic rings. The average Bonchev–Trinajstić information content (AvgIpc) is 3.23. The van der Waals surface area contributed by atoms with Crippen molar-refractivity contribution in [3.8, 4) is 0 Å². The standard InChI is InChI=1S/C17H29N7O5S/c18-4-2-1-3-12(23-15(27)11(19)8-30)17(29)24-13(5-10-6-20-9-22-10)16(28)21-7-14(25)26/h6,9,11-13,30H,1-5,7-8,18-19H2,(H,20,22)(H,21,28)(H,23,27)(H,24,29)(H,25,26). The number of carbonyl (C=O) groups is 4. The van der Waals surface area contributed by atoms with E-state index in [1.54, 1.807) is 0 Å². The van der Waals surface area contributed by atoms with Crippen molar-refractivity contribution in [3.63, 3.8) is 0 Å². The lowest BCUT2D eigenvalue weighted by Crippen LogP contribution is -2.56. The number of rotatable bonds is 14. The van der Waals surface area contributed by atoms with Gasteiger partial charge in [0, 0.05) is 24.1 Å². The summed E-state index contributed by atoms with van der Waals surface area (Å²) in [4.78, 5) is 54.8. The van der Waals surface area contributed by atoms with Crippen LogP contribution in [0.5, 0.6) is 0 Å². The van der Waals surface area contributed by atoms with Crippen LogP contribution in [-0.4, -0.2) is 75.7 Å². The first-order chi connectivity index (χ1) is 14.3. The lowest BCUT2D eigenvalue weighted by atomic mass is 10.1. The Morgan fingerprint density at radius 3 is 2.40 bits per heavy atom. The second kappa shape index (κ2) is 13.6. The molecular formula is C17H29N7O5S. The van der Waals surface area contributed by atoms with Gasteiger partial charge in [-0.25, -0.2) is 4.98 Å². The van der Waals surface area contributed by atoms with E-state index in [0.29, 0.717) is 31.5 Å². The Morgan fingerprint density at radius 2 is 1.83 bits per heavy atom. The van der Waals surface area contributed by atoms with Crippen molar-refractivity contribution in [1.82, 2.24) is 25.9 Å². The van der Waals surface area contributed by atoms with Crippen LogP contribution in [0.2, 0.25) is 0 Å². The number of unbranched alkanes of at least 4 members (excludes halogenated alkanes) is 1. The molecule has 0 aromatic carbocycles. The zero-order chi connectivity index (χ0) is 22.5. The van der Waals surface area contributed by atoms with E-state index in [4.69, 9.17) is 16.6 Å². The number of amides is 3. The summed E-state index contributed by atoms with van der Waals surface area (Å²) in [6, 6.07) is -2.91. The van der Waals surface area contributed by atoms with Crippen LogP contribution in [0.1, 0.15) is 25.0 Å². The molecule has 3 atom stereocenters. The number of carbonyl (C=O) groups excluding carboxylic acids is 3. The zero-order valence-electron chi connectivity index (χ0n) is 16.5. The Labute approximate surface area is 179 Å². The molecule has 1 heterocycles. The Balaban J connectivity index is 2.90. The molecule has 0 aliphatic rings. The van der Waals surface area contributed by atoms with Crippen LogP contribution in [0.4, 0.5) is 0 Å². The molecule has 168 valence electrons. The number of thiol groups is 1. The van der Waals surface area contributed by atoms with Gasteiger partial charge in [0.15, 0.2) is 0 Å². The molecule has 0 radical (unpaired) electrons. The Hall–Kier alpha value is -2.64. The first-order valence-corrected chi connectivity index (χ1v) is 10.1. The summed E-state index contributed by atoms with van der Waals surface area (Å²) in [5.41, 5.74) is 11.7. The topological polar surface area (TPSA) is 205 Å². The zero-order valence-corrected chi connectivity index (χ0v) is 17.4. The van der Waals surface area contributed by atoms with E-state index in [2.05, 4.69) is 38.5 Å². The molecule has 0 aliphatic carbocycles. The minimum absolute atomic E-state index is 0.0524. The van der Waals surface area contributed by atoms with E-state index in [-0.39, 0.29) is 12.2 Å². The predicted molar refractivity (Wildman–Crippen MR) is 112 cm³/mol. The van der Waals surface area contributed by atoms with Gasteiger partial charge in [-0.15, -0.1) is 0 Å². The number of aromatic nitrogens is 2. The lowest BCUT2D eigenvalue weighted by molar-refractivity contribution is -0.138. The second-order valence-electron chi connectivity index (χ2n) is 6.59. The van der Waals surface area contributed by atoms with Crippen LogP contribution in [0.15, 0.2) is 12.5 Å². The lowest BCUT2D eigenvalue weighted by Gasteiger charge is -2.23. The fraction of sp³-hybridized carbons (Fsp3) is 0.588. The SMILES string of the molecule is NCCCCC(NC(=O)C(N)CS)C(=O)NC(Cc1cnc[nH]1)C(=O)NCC(=O)O. The summed E-state index contributed by atoms with van der Waals surface area (Å²) in [5.74, 6) is -2.94. The summed E-state index contributed by atoms with van der Waals surface area (Å²) in [7, 11) is 0. The molecule has 3 amide bonds. The largest absolute Gasteiger partial charge is 0.480 e. The molecule has 12 nitrogen and oxygen atoms in total. The number of nitrogens with zero attached hydrogens (tertiary/aromatic N) is 1. The van der Waals surface area contributed by atoms with Crippen molar-refractivity contribution in [2.75, 3.05) is 18.8 Å². The van der Waals surface area contributed by atoms with Crippen LogP contribution in [-0.2, 0) is 25.6 Å². The Morgan fingerprint density at radius 1 is 1.13 bits per heavy atom.